The molecule has 66 valence electrons. The molecule has 2 rings (SSSR count). The normalized spacial score (nSPS) is 20.5. The fourth-order valence-electron chi connectivity index (χ4n) is 1.58. The van der Waals surface area contributed by atoms with Crippen molar-refractivity contribution in [3.8, 4) is 0 Å². The minimum absolute atomic E-state index is 0.118. The van der Waals surface area contributed by atoms with Gasteiger partial charge in [0.25, 0.3) is 0 Å². The first-order chi connectivity index (χ1) is 5.70. The molecule has 0 aromatic carbocycles. The van der Waals surface area contributed by atoms with Crippen LogP contribution in [0.2, 0.25) is 0 Å². The summed E-state index contributed by atoms with van der Waals surface area (Å²) in [7, 11) is 0. The first kappa shape index (κ1) is 8.73. The molecule has 2 N–H and O–H groups in total. The number of hydrogen-bond donors (Lipinski definition) is 1. The van der Waals surface area contributed by atoms with E-state index in [1.54, 1.807) is 11.3 Å². The number of thiophene rings is 1. The van der Waals surface area contributed by atoms with E-state index in [9.17, 15) is 0 Å². The minimum Gasteiger partial charge on any atom is -0.325 e. The Kier molecular flexibility index (Phi) is 2.27. The zero-order valence-corrected chi connectivity index (χ0v) is 9.25. The summed E-state index contributed by atoms with van der Waals surface area (Å²) in [4.78, 5) is 1.40. The van der Waals surface area contributed by atoms with Crippen molar-refractivity contribution in [2.24, 2.45) is 5.73 Å². The van der Waals surface area contributed by atoms with E-state index in [2.05, 4.69) is 27.4 Å². The zero-order chi connectivity index (χ0) is 8.60. The first-order valence-electron chi connectivity index (χ1n) is 4.20. The van der Waals surface area contributed by atoms with Crippen LogP contribution in [0.25, 0.3) is 0 Å². The highest BCUT2D eigenvalue weighted by molar-refractivity contribution is 9.10. The Balaban J connectivity index is 2.08. The summed E-state index contributed by atoms with van der Waals surface area (Å²) in [6.07, 6.45) is 4.74. The molecule has 1 heterocycles. The molecule has 0 aliphatic heterocycles. The van der Waals surface area contributed by atoms with Crippen LogP contribution in [-0.4, -0.2) is 5.54 Å². The second kappa shape index (κ2) is 3.13. The van der Waals surface area contributed by atoms with Crippen LogP contribution in [0.15, 0.2) is 15.9 Å². The Morgan fingerprint density at radius 3 is 2.75 bits per heavy atom. The van der Waals surface area contributed by atoms with Crippen molar-refractivity contribution in [2.75, 3.05) is 0 Å². The van der Waals surface area contributed by atoms with Crippen LogP contribution in [0.4, 0.5) is 0 Å². The molecule has 0 atom stereocenters. The van der Waals surface area contributed by atoms with E-state index >= 15 is 0 Å². The van der Waals surface area contributed by atoms with Gasteiger partial charge in [0.2, 0.25) is 0 Å². The Morgan fingerprint density at radius 2 is 2.33 bits per heavy atom. The fraction of sp³-hybridized carbons (Fsp3) is 0.556. The molecule has 12 heavy (non-hydrogen) atoms. The number of rotatable bonds is 2. The third-order valence-electron chi connectivity index (χ3n) is 2.55. The van der Waals surface area contributed by atoms with E-state index in [1.807, 2.05) is 0 Å². The summed E-state index contributed by atoms with van der Waals surface area (Å²) in [5.74, 6) is 0. The Labute approximate surface area is 85.1 Å². The maximum absolute atomic E-state index is 6.15. The molecule has 1 saturated carbocycles. The van der Waals surface area contributed by atoms with Gasteiger partial charge in [0.1, 0.15) is 0 Å². The van der Waals surface area contributed by atoms with Crippen LogP contribution in [-0.2, 0) is 6.42 Å². The summed E-state index contributed by atoms with van der Waals surface area (Å²) in [6.45, 7) is 0. The topological polar surface area (TPSA) is 26.0 Å². The molecule has 0 amide bonds. The van der Waals surface area contributed by atoms with Crippen LogP contribution in [0, 0.1) is 0 Å². The molecule has 0 bridgehead atoms. The Morgan fingerprint density at radius 1 is 1.58 bits per heavy atom. The lowest BCUT2D eigenvalue weighted by Crippen LogP contribution is -2.48. The molecule has 0 saturated heterocycles. The van der Waals surface area contributed by atoms with Crippen LogP contribution in [0.3, 0.4) is 0 Å². The lowest BCUT2D eigenvalue weighted by atomic mass is 9.75. The van der Waals surface area contributed by atoms with E-state index in [1.165, 1.54) is 28.6 Å². The highest BCUT2D eigenvalue weighted by Crippen LogP contribution is 2.35. The molecule has 0 radical (unpaired) electrons. The molecule has 1 fully saturated rings. The standard InChI is InChI=1S/C9H12BrNS/c10-7-2-5-12-8(7)6-9(11)3-1-4-9/h2,5H,1,3-4,6,11H2. The van der Waals surface area contributed by atoms with E-state index in [0.717, 1.165) is 6.42 Å². The van der Waals surface area contributed by atoms with Crippen LogP contribution in [0.1, 0.15) is 24.1 Å². The highest BCUT2D eigenvalue weighted by atomic mass is 79.9. The van der Waals surface area contributed by atoms with E-state index in [0.29, 0.717) is 0 Å². The van der Waals surface area contributed by atoms with Gasteiger partial charge in [0.05, 0.1) is 0 Å². The van der Waals surface area contributed by atoms with E-state index < -0.39 is 0 Å². The molecule has 1 aromatic rings. The van der Waals surface area contributed by atoms with Gasteiger partial charge in [-0.15, -0.1) is 11.3 Å². The molecule has 1 nitrogen and oxygen atoms in total. The SMILES string of the molecule is NC1(Cc2sccc2Br)CCC1. The summed E-state index contributed by atoms with van der Waals surface area (Å²) in [6, 6.07) is 2.10. The molecule has 1 aliphatic rings. The van der Waals surface area contributed by atoms with Gasteiger partial charge in [-0.05, 0) is 46.6 Å². The van der Waals surface area contributed by atoms with Gasteiger partial charge < -0.3 is 5.73 Å². The number of nitrogens with two attached hydrogens (primary N) is 1. The largest absolute Gasteiger partial charge is 0.325 e. The van der Waals surface area contributed by atoms with Gasteiger partial charge in [-0.3, -0.25) is 0 Å². The average Bonchev–Trinajstić information content (AvgIpc) is 2.34. The van der Waals surface area contributed by atoms with Gasteiger partial charge in [0, 0.05) is 21.3 Å². The van der Waals surface area contributed by atoms with Crippen LogP contribution < -0.4 is 5.73 Å². The quantitative estimate of drug-likeness (QED) is 0.853. The van der Waals surface area contributed by atoms with Crippen molar-refractivity contribution >= 4 is 27.3 Å². The lowest BCUT2D eigenvalue weighted by molar-refractivity contribution is 0.248. The number of hydrogen-bond acceptors (Lipinski definition) is 2. The monoisotopic (exact) mass is 245 g/mol. The summed E-state index contributed by atoms with van der Waals surface area (Å²) in [5, 5.41) is 2.11. The molecular formula is C9H12BrNS. The van der Waals surface area contributed by atoms with Gasteiger partial charge in [-0.1, -0.05) is 0 Å². The van der Waals surface area contributed by atoms with Crippen molar-refractivity contribution in [1.29, 1.82) is 0 Å². The maximum Gasteiger partial charge on any atom is 0.0315 e. The molecule has 0 unspecified atom stereocenters. The second-order valence-electron chi connectivity index (χ2n) is 3.58. The Hall–Kier alpha value is 0.140. The smallest absolute Gasteiger partial charge is 0.0315 e. The summed E-state index contributed by atoms with van der Waals surface area (Å²) < 4.78 is 1.23. The molecule has 1 aliphatic carbocycles. The fourth-order valence-corrected chi connectivity index (χ4v) is 3.23. The lowest BCUT2D eigenvalue weighted by Gasteiger charge is -2.38. The van der Waals surface area contributed by atoms with Crippen LogP contribution in [0.5, 0.6) is 0 Å². The van der Waals surface area contributed by atoms with Crippen molar-refractivity contribution in [1.82, 2.24) is 0 Å². The third kappa shape index (κ3) is 1.58. The zero-order valence-electron chi connectivity index (χ0n) is 6.85. The van der Waals surface area contributed by atoms with E-state index in [-0.39, 0.29) is 5.54 Å². The highest BCUT2D eigenvalue weighted by Gasteiger charge is 2.33. The molecule has 3 heteroatoms. The molecule has 0 spiro atoms. The number of halogens is 1. The predicted octanol–water partition coefficient (Wildman–Crippen LogP) is 2.93. The van der Waals surface area contributed by atoms with Crippen molar-refractivity contribution in [3.63, 3.8) is 0 Å². The molecular weight excluding hydrogens is 234 g/mol. The van der Waals surface area contributed by atoms with Crippen molar-refractivity contribution in [2.45, 2.75) is 31.2 Å². The van der Waals surface area contributed by atoms with Gasteiger partial charge >= 0.3 is 0 Å². The van der Waals surface area contributed by atoms with Crippen molar-refractivity contribution < 1.29 is 0 Å². The summed E-state index contributed by atoms with van der Waals surface area (Å²) in [5.41, 5.74) is 6.27. The Bertz CT molecular complexity index is 278. The summed E-state index contributed by atoms with van der Waals surface area (Å²) >= 11 is 5.33. The molecule has 1 aromatic heterocycles. The van der Waals surface area contributed by atoms with E-state index in [4.69, 9.17) is 5.73 Å². The second-order valence-corrected chi connectivity index (χ2v) is 5.44. The van der Waals surface area contributed by atoms with Gasteiger partial charge in [-0.25, -0.2) is 0 Å². The third-order valence-corrected chi connectivity index (χ3v) is 4.48. The van der Waals surface area contributed by atoms with Crippen molar-refractivity contribution in [3.05, 3.63) is 20.8 Å². The maximum atomic E-state index is 6.15. The average molecular weight is 246 g/mol. The van der Waals surface area contributed by atoms with Gasteiger partial charge in [-0.2, -0.15) is 0 Å². The first-order valence-corrected chi connectivity index (χ1v) is 5.88. The predicted molar refractivity (Wildman–Crippen MR) is 56.5 cm³/mol. The van der Waals surface area contributed by atoms with Crippen LogP contribution >= 0.6 is 27.3 Å². The van der Waals surface area contributed by atoms with Gasteiger partial charge in [0.15, 0.2) is 0 Å². The minimum atomic E-state index is 0.118.